The molecule has 1 aromatic carbocycles. The molecule has 5 heterocycles. The highest BCUT2D eigenvalue weighted by atomic mass is 16.5. The van der Waals surface area contributed by atoms with E-state index in [1.54, 1.807) is 0 Å². The van der Waals surface area contributed by atoms with E-state index in [0.717, 1.165) is 72.6 Å². The molecule has 0 spiro atoms. The number of likely N-dealkylation sites (tertiary alicyclic amines) is 2. The molecule has 0 atom stereocenters. The number of nitrogens with two attached hydrogens (primary N) is 1. The third kappa shape index (κ3) is 4.63. The zero-order chi connectivity index (χ0) is 27.1. The predicted molar refractivity (Wildman–Crippen MR) is 152 cm³/mol. The first-order valence-corrected chi connectivity index (χ1v) is 13.4. The van der Waals surface area contributed by atoms with Crippen LogP contribution in [0.2, 0.25) is 0 Å². The average Bonchev–Trinajstić information content (AvgIpc) is 3.21. The van der Waals surface area contributed by atoms with Crippen molar-refractivity contribution < 1.29 is 9.53 Å². The van der Waals surface area contributed by atoms with Crippen LogP contribution >= 0.6 is 0 Å². The number of amides is 1. The number of hydrogen-bond acceptors (Lipinski definition) is 7. The molecule has 6 rings (SSSR count). The van der Waals surface area contributed by atoms with Gasteiger partial charge in [-0.1, -0.05) is 24.8 Å². The summed E-state index contributed by atoms with van der Waals surface area (Å²) in [5, 5.41) is 0.888. The number of carbonyl (C=O) groups excluding carboxylic acids is 1. The van der Waals surface area contributed by atoms with Gasteiger partial charge in [-0.3, -0.25) is 9.69 Å². The number of pyridine rings is 1. The number of fused-ring (bicyclic) bond motifs is 1. The van der Waals surface area contributed by atoms with Crippen LogP contribution in [0.25, 0.3) is 22.2 Å². The molecule has 39 heavy (non-hydrogen) atoms. The molecule has 3 aromatic heterocycles. The second-order valence-electron chi connectivity index (χ2n) is 10.4. The Bertz CT molecular complexity index is 1530. The first-order chi connectivity index (χ1) is 18.9. The van der Waals surface area contributed by atoms with E-state index in [9.17, 15) is 4.79 Å². The lowest BCUT2D eigenvalue weighted by molar-refractivity contribution is -0.127. The van der Waals surface area contributed by atoms with Gasteiger partial charge in [0, 0.05) is 68.2 Å². The van der Waals surface area contributed by atoms with Crippen molar-refractivity contribution in [3.05, 3.63) is 72.8 Å². The first kappa shape index (κ1) is 25.1. The normalized spacial score (nSPS) is 16.8. The Labute approximate surface area is 227 Å². The minimum atomic E-state index is 0.0281. The average molecular weight is 524 g/mol. The fourth-order valence-corrected chi connectivity index (χ4v) is 6.01. The maximum absolute atomic E-state index is 12.0. The molecule has 9 nitrogen and oxygen atoms in total. The van der Waals surface area contributed by atoms with E-state index in [2.05, 4.69) is 50.2 Å². The van der Waals surface area contributed by atoms with Crippen LogP contribution in [0.5, 0.6) is 11.6 Å². The van der Waals surface area contributed by atoms with Crippen LogP contribution in [0.1, 0.15) is 30.1 Å². The Balaban J connectivity index is 1.26. The molecule has 1 amide bonds. The highest BCUT2D eigenvalue weighted by Gasteiger charge is 2.38. The third-order valence-electron chi connectivity index (χ3n) is 8.03. The number of aryl methyl sites for hydroxylation is 2. The zero-order valence-electron chi connectivity index (χ0n) is 22.4. The number of rotatable bonds is 6. The number of hydrogen-bond donors (Lipinski definition) is 1. The summed E-state index contributed by atoms with van der Waals surface area (Å²) in [4.78, 5) is 29.8. The summed E-state index contributed by atoms with van der Waals surface area (Å²) in [6, 6.07) is 14.3. The molecule has 0 radical (unpaired) electrons. The zero-order valence-corrected chi connectivity index (χ0v) is 22.4. The quantitative estimate of drug-likeness (QED) is 0.376. The number of nitrogen functional groups attached to an aromatic ring is 1. The molecule has 0 unspecified atom stereocenters. The summed E-state index contributed by atoms with van der Waals surface area (Å²) >= 11 is 0. The number of carbonyl (C=O) groups is 1. The number of anilines is 1. The van der Waals surface area contributed by atoms with E-state index in [1.165, 1.54) is 18.1 Å². The van der Waals surface area contributed by atoms with Crippen LogP contribution < -0.4 is 10.5 Å². The van der Waals surface area contributed by atoms with Crippen LogP contribution in [0.4, 0.5) is 5.82 Å². The summed E-state index contributed by atoms with van der Waals surface area (Å²) in [7, 11) is 2.07. The monoisotopic (exact) mass is 523 g/mol. The fourth-order valence-electron chi connectivity index (χ4n) is 6.01. The topological polar surface area (TPSA) is 102 Å². The van der Waals surface area contributed by atoms with Gasteiger partial charge < -0.3 is 19.9 Å². The molecule has 2 aliphatic heterocycles. The minimum absolute atomic E-state index is 0.0281. The Hall–Kier alpha value is -4.24. The summed E-state index contributed by atoms with van der Waals surface area (Å²) < 4.78 is 8.16. The molecular weight excluding hydrogens is 490 g/mol. The van der Waals surface area contributed by atoms with Gasteiger partial charge in [-0.15, -0.1) is 0 Å². The Morgan fingerprint density at radius 2 is 1.85 bits per heavy atom. The molecule has 2 N–H and O–H groups in total. The largest absolute Gasteiger partial charge is 0.439 e. The van der Waals surface area contributed by atoms with Crippen LogP contribution in [0, 0.1) is 6.92 Å². The van der Waals surface area contributed by atoms with Crippen molar-refractivity contribution in [2.24, 2.45) is 7.05 Å². The SMILES string of the molecule is C=CC(=O)N1CCC(N2CC(c3c(-c4ccc(Oc5cccc(C)n5)cc4)c4c(N)ncnc4n3C)C2)CC1. The van der Waals surface area contributed by atoms with Gasteiger partial charge in [-0.05, 0) is 49.6 Å². The van der Waals surface area contributed by atoms with Crippen LogP contribution in [-0.4, -0.2) is 67.4 Å². The molecule has 2 aliphatic rings. The van der Waals surface area contributed by atoms with Crippen molar-refractivity contribution in [3.8, 4) is 22.8 Å². The number of ether oxygens (including phenoxy) is 1. The third-order valence-corrected chi connectivity index (χ3v) is 8.03. The molecule has 2 saturated heterocycles. The van der Waals surface area contributed by atoms with Crippen molar-refractivity contribution in [1.29, 1.82) is 0 Å². The van der Waals surface area contributed by atoms with Crippen LogP contribution in [0.3, 0.4) is 0 Å². The van der Waals surface area contributed by atoms with Gasteiger partial charge in [-0.2, -0.15) is 0 Å². The molecule has 0 bridgehead atoms. The Morgan fingerprint density at radius 1 is 1.10 bits per heavy atom. The van der Waals surface area contributed by atoms with Crippen LogP contribution in [-0.2, 0) is 11.8 Å². The molecule has 0 aliphatic carbocycles. The molecule has 0 saturated carbocycles. The van der Waals surface area contributed by atoms with Gasteiger partial charge in [0.2, 0.25) is 11.8 Å². The lowest BCUT2D eigenvalue weighted by Crippen LogP contribution is -2.55. The van der Waals surface area contributed by atoms with Gasteiger partial charge in [0.05, 0.1) is 5.39 Å². The van der Waals surface area contributed by atoms with Gasteiger partial charge in [-0.25, -0.2) is 15.0 Å². The second kappa shape index (κ2) is 10.1. The summed E-state index contributed by atoms with van der Waals surface area (Å²) in [5.74, 6) is 2.15. The predicted octanol–water partition coefficient (Wildman–Crippen LogP) is 4.29. The van der Waals surface area contributed by atoms with E-state index in [1.807, 2.05) is 42.2 Å². The van der Waals surface area contributed by atoms with E-state index < -0.39 is 0 Å². The Morgan fingerprint density at radius 3 is 2.54 bits per heavy atom. The summed E-state index contributed by atoms with van der Waals surface area (Å²) in [6.07, 6.45) is 4.92. The number of nitrogens with zero attached hydrogens (tertiary/aromatic N) is 6. The van der Waals surface area contributed by atoms with Gasteiger partial charge >= 0.3 is 0 Å². The molecule has 9 heteroatoms. The smallest absolute Gasteiger partial charge is 0.245 e. The number of benzene rings is 1. The van der Waals surface area contributed by atoms with E-state index >= 15 is 0 Å². The summed E-state index contributed by atoms with van der Waals surface area (Å²) in [5.41, 5.74) is 11.5. The second-order valence-corrected chi connectivity index (χ2v) is 10.4. The molecule has 200 valence electrons. The highest BCUT2D eigenvalue weighted by molar-refractivity contribution is 6.02. The van der Waals surface area contributed by atoms with E-state index in [-0.39, 0.29) is 5.91 Å². The van der Waals surface area contributed by atoms with E-state index in [4.69, 9.17) is 10.5 Å². The minimum Gasteiger partial charge on any atom is -0.439 e. The molecule has 4 aromatic rings. The highest BCUT2D eigenvalue weighted by Crippen LogP contribution is 2.43. The lowest BCUT2D eigenvalue weighted by atomic mass is 9.87. The number of aromatic nitrogens is 4. The Kier molecular flexibility index (Phi) is 6.52. The molecule has 2 fully saturated rings. The van der Waals surface area contributed by atoms with Crippen molar-refractivity contribution in [1.82, 2.24) is 29.3 Å². The molecular formula is C30H33N7O2. The number of piperidine rings is 1. The van der Waals surface area contributed by atoms with Crippen molar-refractivity contribution >= 4 is 22.8 Å². The first-order valence-electron chi connectivity index (χ1n) is 13.4. The fraction of sp³-hybridized carbons (Fsp3) is 0.333. The maximum atomic E-state index is 12.0. The lowest BCUT2D eigenvalue weighted by Gasteiger charge is -2.47. The van der Waals surface area contributed by atoms with Crippen molar-refractivity contribution in [2.45, 2.75) is 31.7 Å². The standard InChI is InChI=1S/C30H33N7O2/c1-4-25(38)36-14-12-22(13-15-36)37-16-21(17-37)28-26(27-29(31)32-18-33-30(27)35(28)3)20-8-10-23(11-9-20)39-24-7-5-6-19(2)34-24/h4-11,18,21-22H,1,12-17H2,2-3H3,(H2,31,32,33). The van der Waals surface area contributed by atoms with Gasteiger partial charge in [0.25, 0.3) is 0 Å². The van der Waals surface area contributed by atoms with E-state index in [0.29, 0.717) is 23.7 Å². The van der Waals surface area contributed by atoms with Crippen molar-refractivity contribution in [2.75, 3.05) is 31.9 Å². The van der Waals surface area contributed by atoms with Gasteiger partial charge in [0.1, 0.15) is 23.5 Å². The van der Waals surface area contributed by atoms with Crippen LogP contribution in [0.15, 0.2) is 61.4 Å². The van der Waals surface area contributed by atoms with Crippen molar-refractivity contribution in [3.63, 3.8) is 0 Å². The summed E-state index contributed by atoms with van der Waals surface area (Å²) in [6.45, 7) is 9.06. The maximum Gasteiger partial charge on any atom is 0.245 e. The van der Waals surface area contributed by atoms with Gasteiger partial charge in [0.15, 0.2) is 0 Å².